The Kier molecular flexibility index (Phi) is 4.53. The van der Waals surface area contributed by atoms with Gasteiger partial charge in [0.15, 0.2) is 0 Å². The molecule has 0 atom stereocenters. The third kappa shape index (κ3) is 3.02. The summed E-state index contributed by atoms with van der Waals surface area (Å²) >= 11 is 1.61. The highest BCUT2D eigenvalue weighted by atomic mass is 32.1. The van der Waals surface area contributed by atoms with Crippen LogP contribution in [0.4, 0.5) is 4.39 Å². The highest BCUT2D eigenvalue weighted by Crippen LogP contribution is 2.33. The van der Waals surface area contributed by atoms with E-state index in [-0.39, 0.29) is 5.82 Å². The largest absolute Gasteiger partial charge is 0.346 e. The first-order chi connectivity index (χ1) is 12.7. The molecule has 4 rings (SSSR count). The van der Waals surface area contributed by atoms with E-state index in [0.717, 1.165) is 45.7 Å². The zero-order chi connectivity index (χ0) is 18.1. The molecule has 0 saturated carbocycles. The first kappa shape index (κ1) is 16.9. The van der Waals surface area contributed by atoms with Crippen LogP contribution in [0.15, 0.2) is 42.7 Å². The third-order valence-corrected chi connectivity index (χ3v) is 5.65. The Morgan fingerprint density at radius 3 is 2.92 bits per heavy atom. The summed E-state index contributed by atoms with van der Waals surface area (Å²) in [5, 5.41) is 1.95. The minimum absolute atomic E-state index is 0.269. The van der Waals surface area contributed by atoms with Crippen LogP contribution in [0.5, 0.6) is 0 Å². The number of nitrogens with zero attached hydrogens (tertiary/aromatic N) is 2. The van der Waals surface area contributed by atoms with Gasteiger partial charge >= 0.3 is 0 Å². The van der Waals surface area contributed by atoms with E-state index in [0.29, 0.717) is 6.54 Å². The van der Waals surface area contributed by atoms with Gasteiger partial charge in [0.1, 0.15) is 16.5 Å². The molecule has 3 aromatic heterocycles. The molecule has 0 bridgehead atoms. The maximum Gasteiger partial charge on any atom is 0.137 e. The van der Waals surface area contributed by atoms with Crippen LogP contribution in [0.25, 0.3) is 21.6 Å². The fourth-order valence-corrected chi connectivity index (χ4v) is 4.40. The fourth-order valence-electron chi connectivity index (χ4n) is 3.17. The van der Waals surface area contributed by atoms with Crippen LogP contribution < -0.4 is 5.73 Å². The van der Waals surface area contributed by atoms with E-state index in [1.165, 1.54) is 22.6 Å². The highest BCUT2D eigenvalue weighted by Gasteiger charge is 2.16. The second-order valence-corrected chi connectivity index (χ2v) is 7.22. The van der Waals surface area contributed by atoms with Gasteiger partial charge in [0.25, 0.3) is 0 Å². The van der Waals surface area contributed by atoms with Gasteiger partial charge in [0, 0.05) is 41.2 Å². The molecule has 3 N–H and O–H groups in total. The number of hydrogen-bond acceptors (Lipinski definition) is 4. The van der Waals surface area contributed by atoms with E-state index in [1.807, 2.05) is 12.3 Å². The number of rotatable bonds is 5. The van der Waals surface area contributed by atoms with Crippen molar-refractivity contribution in [1.82, 2.24) is 15.0 Å². The molecule has 0 saturated heterocycles. The number of thiazole rings is 1. The van der Waals surface area contributed by atoms with E-state index in [2.05, 4.69) is 23.0 Å². The second-order valence-electron chi connectivity index (χ2n) is 6.14. The molecular formula is C20H19FN4S. The molecule has 0 radical (unpaired) electrons. The Balaban J connectivity index is 1.76. The van der Waals surface area contributed by atoms with Crippen LogP contribution in [0.1, 0.15) is 28.6 Å². The molecule has 6 heteroatoms. The van der Waals surface area contributed by atoms with Crippen LogP contribution >= 0.6 is 11.3 Å². The van der Waals surface area contributed by atoms with Crippen LogP contribution in [0.3, 0.4) is 0 Å². The van der Waals surface area contributed by atoms with Gasteiger partial charge in [0.05, 0.1) is 5.69 Å². The van der Waals surface area contributed by atoms with E-state index >= 15 is 0 Å². The van der Waals surface area contributed by atoms with Crippen LogP contribution in [0.2, 0.25) is 0 Å². The predicted molar refractivity (Wildman–Crippen MR) is 104 cm³/mol. The minimum Gasteiger partial charge on any atom is -0.346 e. The minimum atomic E-state index is -0.269. The molecule has 0 spiro atoms. The van der Waals surface area contributed by atoms with Gasteiger partial charge in [0.2, 0.25) is 0 Å². The van der Waals surface area contributed by atoms with Crippen LogP contribution in [-0.2, 0) is 19.4 Å². The van der Waals surface area contributed by atoms with Crippen molar-refractivity contribution in [2.24, 2.45) is 5.73 Å². The molecule has 3 heterocycles. The number of pyridine rings is 1. The Labute approximate surface area is 154 Å². The number of nitrogens with two attached hydrogens (primary N) is 1. The Bertz CT molecular complexity index is 1070. The number of aromatic amines is 1. The zero-order valence-corrected chi connectivity index (χ0v) is 15.2. The number of aryl methyl sites for hydroxylation is 1. The number of aromatic nitrogens is 3. The Morgan fingerprint density at radius 2 is 2.12 bits per heavy atom. The average molecular weight is 366 g/mol. The van der Waals surface area contributed by atoms with E-state index in [4.69, 9.17) is 10.7 Å². The van der Waals surface area contributed by atoms with Gasteiger partial charge in [-0.1, -0.05) is 13.0 Å². The Morgan fingerprint density at radius 1 is 1.23 bits per heavy atom. The molecule has 0 amide bonds. The quantitative estimate of drug-likeness (QED) is 0.549. The van der Waals surface area contributed by atoms with Gasteiger partial charge < -0.3 is 10.7 Å². The summed E-state index contributed by atoms with van der Waals surface area (Å²) in [4.78, 5) is 13.5. The highest BCUT2D eigenvalue weighted by molar-refractivity contribution is 7.15. The summed E-state index contributed by atoms with van der Waals surface area (Å²) < 4.78 is 13.8. The number of nitrogens with one attached hydrogen (secondary N) is 1. The van der Waals surface area contributed by atoms with Crippen molar-refractivity contribution in [3.63, 3.8) is 0 Å². The summed E-state index contributed by atoms with van der Waals surface area (Å²) in [7, 11) is 0. The molecule has 1 aromatic carbocycles. The number of hydrogen-bond donors (Lipinski definition) is 2. The molecule has 0 aliphatic rings. The maximum absolute atomic E-state index is 13.8. The van der Waals surface area contributed by atoms with Crippen molar-refractivity contribution < 1.29 is 4.39 Å². The monoisotopic (exact) mass is 366 g/mol. The molecule has 4 nitrogen and oxygen atoms in total. The number of H-pyrrole nitrogens is 1. The molecule has 0 fully saturated rings. The lowest BCUT2D eigenvalue weighted by Crippen LogP contribution is -1.99. The molecule has 0 unspecified atom stereocenters. The molecule has 26 heavy (non-hydrogen) atoms. The summed E-state index contributed by atoms with van der Waals surface area (Å²) in [6.07, 6.45) is 5.40. The van der Waals surface area contributed by atoms with Crippen molar-refractivity contribution in [3.05, 3.63) is 70.2 Å². The van der Waals surface area contributed by atoms with Crippen LogP contribution in [-0.4, -0.2) is 15.0 Å². The first-order valence-corrected chi connectivity index (χ1v) is 9.39. The Hall–Kier alpha value is -2.57. The van der Waals surface area contributed by atoms with E-state index < -0.39 is 0 Å². The van der Waals surface area contributed by atoms with Crippen molar-refractivity contribution >= 4 is 22.4 Å². The molecule has 4 aromatic rings. The average Bonchev–Trinajstić information content (AvgIpc) is 3.26. The SMILES string of the molecule is CCc1nc(-c2cc(F)ccc2CN)sc1Cc1c[nH]c2ncccc12. The number of benzene rings is 1. The summed E-state index contributed by atoms with van der Waals surface area (Å²) in [6, 6.07) is 8.72. The topological polar surface area (TPSA) is 67.6 Å². The molecule has 0 aliphatic carbocycles. The lowest BCUT2D eigenvalue weighted by molar-refractivity contribution is 0.627. The summed E-state index contributed by atoms with van der Waals surface area (Å²) in [5.41, 5.74) is 10.7. The lowest BCUT2D eigenvalue weighted by Gasteiger charge is -2.04. The van der Waals surface area contributed by atoms with Gasteiger partial charge in [-0.25, -0.2) is 14.4 Å². The summed E-state index contributed by atoms with van der Waals surface area (Å²) in [6.45, 7) is 2.45. The first-order valence-electron chi connectivity index (χ1n) is 8.58. The molecule has 0 aliphatic heterocycles. The zero-order valence-electron chi connectivity index (χ0n) is 14.4. The predicted octanol–water partition coefficient (Wildman–Crippen LogP) is 4.44. The smallest absolute Gasteiger partial charge is 0.137 e. The second kappa shape index (κ2) is 6.97. The van der Waals surface area contributed by atoms with Crippen molar-refractivity contribution in [2.45, 2.75) is 26.3 Å². The molecular weight excluding hydrogens is 347 g/mol. The van der Waals surface area contributed by atoms with Crippen molar-refractivity contribution in [2.75, 3.05) is 0 Å². The van der Waals surface area contributed by atoms with Crippen molar-refractivity contribution in [3.8, 4) is 10.6 Å². The van der Waals surface area contributed by atoms with Gasteiger partial charge in [-0.15, -0.1) is 11.3 Å². The van der Waals surface area contributed by atoms with E-state index in [9.17, 15) is 4.39 Å². The third-order valence-electron chi connectivity index (χ3n) is 4.52. The van der Waals surface area contributed by atoms with E-state index in [1.54, 1.807) is 23.6 Å². The van der Waals surface area contributed by atoms with Crippen molar-refractivity contribution in [1.29, 1.82) is 0 Å². The number of fused-ring (bicyclic) bond motifs is 1. The van der Waals surface area contributed by atoms with Gasteiger partial charge in [-0.05, 0) is 41.8 Å². The summed E-state index contributed by atoms with van der Waals surface area (Å²) in [5.74, 6) is -0.269. The van der Waals surface area contributed by atoms with Crippen LogP contribution in [0, 0.1) is 5.82 Å². The lowest BCUT2D eigenvalue weighted by atomic mass is 10.1. The van der Waals surface area contributed by atoms with Gasteiger partial charge in [-0.3, -0.25) is 0 Å². The normalized spacial score (nSPS) is 11.3. The van der Waals surface area contributed by atoms with Gasteiger partial charge in [-0.2, -0.15) is 0 Å². The fraction of sp³-hybridized carbons (Fsp3) is 0.200. The molecule has 132 valence electrons. The number of halogens is 1. The maximum atomic E-state index is 13.8. The standard InChI is InChI=1S/C20H19FN4S/c1-2-17-18(8-13-11-24-19-15(13)4-3-7-23-19)26-20(25-17)16-9-14(21)6-5-12(16)10-22/h3-7,9,11H,2,8,10,22H2,1H3,(H,23,24).